The first-order chi connectivity index (χ1) is 6.34. The fraction of sp³-hybridized carbons (Fsp3) is 0.667. The van der Waals surface area contributed by atoms with Gasteiger partial charge in [-0.15, -0.1) is 0 Å². The molecule has 0 aliphatic rings. The number of thioether (sulfide) groups is 1. The molecule has 3 nitrogen and oxygen atoms in total. The topological polar surface area (TPSA) is 29.9 Å². The molecular weight excluding hydrogens is 182 g/mol. The lowest BCUT2D eigenvalue weighted by Crippen LogP contribution is -2.18. The molecule has 0 atom stereocenters. The van der Waals surface area contributed by atoms with Gasteiger partial charge in [-0.25, -0.2) is 4.98 Å². The van der Waals surface area contributed by atoms with Crippen LogP contribution in [0.3, 0.4) is 0 Å². The van der Waals surface area contributed by atoms with Crippen molar-refractivity contribution in [2.75, 3.05) is 18.1 Å². The summed E-state index contributed by atoms with van der Waals surface area (Å²) in [6.07, 6.45) is 3.80. The van der Waals surface area contributed by atoms with Gasteiger partial charge in [-0.1, -0.05) is 6.92 Å². The molecule has 0 saturated carbocycles. The molecule has 1 aromatic heterocycles. The van der Waals surface area contributed by atoms with E-state index in [9.17, 15) is 0 Å². The molecule has 0 aromatic carbocycles. The highest BCUT2D eigenvalue weighted by Gasteiger charge is 1.96. The normalized spacial score (nSPS) is 10.6. The number of nitrogens with zero attached hydrogens (tertiary/aromatic N) is 2. The number of aromatic nitrogens is 2. The van der Waals surface area contributed by atoms with Crippen LogP contribution in [0, 0.1) is 0 Å². The number of rotatable bonds is 6. The lowest BCUT2D eigenvalue weighted by molar-refractivity contribution is 0.664. The van der Waals surface area contributed by atoms with Gasteiger partial charge in [0.15, 0.2) is 0 Å². The SMILES string of the molecule is CCSCCNCc1nccn1C. The van der Waals surface area contributed by atoms with E-state index in [1.165, 1.54) is 11.5 Å². The maximum absolute atomic E-state index is 4.23. The van der Waals surface area contributed by atoms with Gasteiger partial charge in [0.05, 0.1) is 6.54 Å². The van der Waals surface area contributed by atoms with Crippen molar-refractivity contribution in [3.63, 3.8) is 0 Å². The van der Waals surface area contributed by atoms with Crippen LogP contribution in [0.15, 0.2) is 12.4 Å². The zero-order valence-electron chi connectivity index (χ0n) is 8.29. The molecule has 1 N–H and O–H groups in total. The Morgan fingerprint density at radius 1 is 1.62 bits per heavy atom. The van der Waals surface area contributed by atoms with Crippen molar-refractivity contribution in [2.45, 2.75) is 13.5 Å². The van der Waals surface area contributed by atoms with Gasteiger partial charge >= 0.3 is 0 Å². The Morgan fingerprint density at radius 2 is 2.46 bits per heavy atom. The van der Waals surface area contributed by atoms with Gasteiger partial charge in [0.1, 0.15) is 5.82 Å². The van der Waals surface area contributed by atoms with Crippen LogP contribution >= 0.6 is 11.8 Å². The molecule has 0 spiro atoms. The summed E-state index contributed by atoms with van der Waals surface area (Å²) in [6.45, 7) is 4.11. The van der Waals surface area contributed by atoms with Gasteiger partial charge in [0.2, 0.25) is 0 Å². The average Bonchev–Trinajstić information content (AvgIpc) is 2.52. The van der Waals surface area contributed by atoms with Crippen LogP contribution in [0.25, 0.3) is 0 Å². The Balaban J connectivity index is 2.10. The van der Waals surface area contributed by atoms with E-state index in [1.54, 1.807) is 0 Å². The smallest absolute Gasteiger partial charge is 0.122 e. The monoisotopic (exact) mass is 199 g/mol. The molecule has 0 amide bonds. The maximum Gasteiger partial charge on any atom is 0.122 e. The zero-order chi connectivity index (χ0) is 9.52. The van der Waals surface area contributed by atoms with E-state index >= 15 is 0 Å². The Kier molecular flexibility index (Phi) is 4.93. The number of nitrogens with one attached hydrogen (secondary N) is 1. The molecule has 0 unspecified atom stereocenters. The molecule has 0 aliphatic carbocycles. The molecule has 0 fully saturated rings. The van der Waals surface area contributed by atoms with Gasteiger partial charge < -0.3 is 9.88 Å². The summed E-state index contributed by atoms with van der Waals surface area (Å²) in [5.74, 6) is 3.48. The molecular formula is C9H17N3S. The highest BCUT2D eigenvalue weighted by molar-refractivity contribution is 7.99. The summed E-state index contributed by atoms with van der Waals surface area (Å²) in [4.78, 5) is 4.23. The Labute approximate surface area is 83.9 Å². The van der Waals surface area contributed by atoms with Gasteiger partial charge in [0.25, 0.3) is 0 Å². The first-order valence-corrected chi connectivity index (χ1v) is 5.74. The highest BCUT2D eigenvalue weighted by atomic mass is 32.2. The van der Waals surface area contributed by atoms with E-state index in [0.29, 0.717) is 0 Å². The van der Waals surface area contributed by atoms with E-state index in [1.807, 2.05) is 35.8 Å². The third-order valence-corrected chi connectivity index (χ3v) is 2.73. The number of aryl methyl sites for hydroxylation is 1. The lowest BCUT2D eigenvalue weighted by Gasteiger charge is -2.03. The molecule has 0 radical (unpaired) electrons. The second-order valence-electron chi connectivity index (χ2n) is 2.83. The van der Waals surface area contributed by atoms with E-state index in [2.05, 4.69) is 17.2 Å². The Bertz CT molecular complexity index is 235. The molecule has 1 aromatic rings. The first-order valence-electron chi connectivity index (χ1n) is 4.59. The molecule has 4 heteroatoms. The predicted molar refractivity (Wildman–Crippen MR) is 57.9 cm³/mol. The van der Waals surface area contributed by atoms with Crippen molar-refractivity contribution in [1.29, 1.82) is 0 Å². The second-order valence-corrected chi connectivity index (χ2v) is 4.22. The van der Waals surface area contributed by atoms with Gasteiger partial charge in [-0.3, -0.25) is 0 Å². The minimum atomic E-state index is 0.869. The van der Waals surface area contributed by atoms with Crippen LogP contribution in [0.2, 0.25) is 0 Å². The van der Waals surface area contributed by atoms with Crippen LogP contribution in [0.1, 0.15) is 12.7 Å². The summed E-state index contributed by atoms with van der Waals surface area (Å²) in [5.41, 5.74) is 0. The van der Waals surface area contributed by atoms with Crippen molar-refractivity contribution in [3.8, 4) is 0 Å². The predicted octanol–water partition coefficient (Wildman–Crippen LogP) is 1.26. The third kappa shape index (κ3) is 3.83. The van der Waals surface area contributed by atoms with Gasteiger partial charge in [-0.05, 0) is 5.75 Å². The molecule has 13 heavy (non-hydrogen) atoms. The quantitative estimate of drug-likeness (QED) is 0.700. The molecule has 0 bridgehead atoms. The number of hydrogen-bond acceptors (Lipinski definition) is 3. The average molecular weight is 199 g/mol. The fourth-order valence-corrected chi connectivity index (χ4v) is 1.63. The largest absolute Gasteiger partial charge is 0.337 e. The Hall–Kier alpha value is -0.480. The van der Waals surface area contributed by atoms with E-state index in [0.717, 1.165) is 18.9 Å². The summed E-state index contributed by atoms with van der Waals surface area (Å²) >= 11 is 1.96. The van der Waals surface area contributed by atoms with Crippen molar-refractivity contribution in [2.24, 2.45) is 7.05 Å². The van der Waals surface area contributed by atoms with Crippen LogP contribution in [-0.4, -0.2) is 27.6 Å². The minimum absolute atomic E-state index is 0.869. The first kappa shape index (κ1) is 10.6. The van der Waals surface area contributed by atoms with Crippen LogP contribution in [0.5, 0.6) is 0 Å². The second kappa shape index (κ2) is 6.05. The number of hydrogen-bond donors (Lipinski definition) is 1. The standard InChI is InChI=1S/C9H17N3S/c1-3-13-7-5-10-8-9-11-4-6-12(9)2/h4,6,10H,3,5,7-8H2,1-2H3. The van der Waals surface area contributed by atoms with Crippen LogP contribution in [-0.2, 0) is 13.6 Å². The molecule has 74 valence electrons. The van der Waals surface area contributed by atoms with Gasteiger partial charge in [-0.2, -0.15) is 11.8 Å². The molecule has 0 saturated heterocycles. The molecule has 1 rings (SSSR count). The zero-order valence-corrected chi connectivity index (χ0v) is 9.10. The van der Waals surface area contributed by atoms with Gasteiger partial charge in [0, 0.05) is 31.7 Å². The number of imidazole rings is 1. The molecule has 1 heterocycles. The van der Waals surface area contributed by atoms with Crippen LogP contribution in [0.4, 0.5) is 0 Å². The Morgan fingerprint density at radius 3 is 3.08 bits per heavy atom. The summed E-state index contributed by atoms with van der Waals surface area (Å²) in [5, 5.41) is 3.36. The fourth-order valence-electron chi connectivity index (χ4n) is 1.06. The van der Waals surface area contributed by atoms with Crippen LogP contribution < -0.4 is 5.32 Å². The van der Waals surface area contributed by atoms with Crippen molar-refractivity contribution >= 4 is 11.8 Å². The minimum Gasteiger partial charge on any atom is -0.337 e. The molecule has 0 aliphatic heterocycles. The third-order valence-electron chi connectivity index (χ3n) is 1.83. The summed E-state index contributed by atoms with van der Waals surface area (Å²) in [6, 6.07) is 0. The van der Waals surface area contributed by atoms with Crippen molar-refractivity contribution in [1.82, 2.24) is 14.9 Å². The van der Waals surface area contributed by atoms with E-state index in [4.69, 9.17) is 0 Å². The van der Waals surface area contributed by atoms with Crippen molar-refractivity contribution < 1.29 is 0 Å². The summed E-state index contributed by atoms with van der Waals surface area (Å²) < 4.78 is 2.04. The highest BCUT2D eigenvalue weighted by Crippen LogP contribution is 1.96. The van der Waals surface area contributed by atoms with Crippen molar-refractivity contribution in [3.05, 3.63) is 18.2 Å². The lowest BCUT2D eigenvalue weighted by atomic mass is 10.5. The van der Waals surface area contributed by atoms with E-state index < -0.39 is 0 Å². The maximum atomic E-state index is 4.23. The van der Waals surface area contributed by atoms with E-state index in [-0.39, 0.29) is 0 Å². The summed E-state index contributed by atoms with van der Waals surface area (Å²) in [7, 11) is 2.02.